The highest BCUT2D eigenvalue weighted by Crippen LogP contribution is 2.40. The third-order valence-corrected chi connectivity index (χ3v) is 7.09. The Morgan fingerprint density at radius 3 is 2.68 bits per heavy atom. The number of fused-ring (bicyclic) bond motifs is 1. The third-order valence-electron chi connectivity index (χ3n) is 6.39. The van der Waals surface area contributed by atoms with Gasteiger partial charge in [0.2, 0.25) is 5.95 Å². The van der Waals surface area contributed by atoms with Gasteiger partial charge >= 0.3 is 0 Å². The van der Waals surface area contributed by atoms with Gasteiger partial charge in [0.25, 0.3) is 0 Å². The van der Waals surface area contributed by atoms with Crippen LogP contribution in [-0.2, 0) is 4.74 Å². The van der Waals surface area contributed by atoms with Gasteiger partial charge in [-0.05, 0) is 30.5 Å². The second-order valence-corrected chi connectivity index (χ2v) is 9.31. The van der Waals surface area contributed by atoms with E-state index in [1.807, 2.05) is 16.8 Å². The lowest BCUT2D eigenvalue weighted by Crippen LogP contribution is -2.48. The van der Waals surface area contributed by atoms with Crippen molar-refractivity contribution in [2.75, 3.05) is 31.6 Å². The Hall–Kier alpha value is -2.00. The summed E-state index contributed by atoms with van der Waals surface area (Å²) in [7, 11) is 0. The molecule has 4 heterocycles. The molecule has 6 rings (SSSR count). The molecule has 2 saturated heterocycles. The average Bonchev–Trinajstić information content (AvgIpc) is 3.39. The zero-order valence-corrected chi connectivity index (χ0v) is 18.2. The summed E-state index contributed by atoms with van der Waals surface area (Å²) in [6, 6.07) is 4.39. The predicted octanol–water partition coefficient (Wildman–Crippen LogP) is 4.35. The first-order chi connectivity index (χ1) is 15.1. The zero-order chi connectivity index (χ0) is 21.1. The van der Waals surface area contributed by atoms with E-state index in [1.165, 1.54) is 0 Å². The first-order valence-electron chi connectivity index (χ1n) is 10.5. The molecule has 3 fully saturated rings. The van der Waals surface area contributed by atoms with E-state index in [0.29, 0.717) is 65.7 Å². The van der Waals surface area contributed by atoms with E-state index in [4.69, 9.17) is 27.9 Å². The van der Waals surface area contributed by atoms with Crippen LogP contribution in [0.2, 0.25) is 10.2 Å². The van der Waals surface area contributed by atoms with Crippen LogP contribution < -0.4 is 5.32 Å². The summed E-state index contributed by atoms with van der Waals surface area (Å²) in [4.78, 5) is 11.2. The molecule has 7 nitrogen and oxygen atoms in total. The summed E-state index contributed by atoms with van der Waals surface area (Å²) in [5, 5.41) is 9.40. The number of rotatable bonds is 5. The van der Waals surface area contributed by atoms with Crippen LogP contribution in [0.25, 0.3) is 10.9 Å². The molecule has 3 aliphatic rings. The fourth-order valence-corrected chi connectivity index (χ4v) is 4.95. The molecule has 31 heavy (non-hydrogen) atoms. The molecule has 2 aromatic heterocycles. The van der Waals surface area contributed by atoms with Crippen LogP contribution in [-0.4, -0.2) is 63.2 Å². The molecule has 2 aliphatic heterocycles. The Morgan fingerprint density at radius 1 is 1.10 bits per heavy atom. The lowest BCUT2D eigenvalue weighted by atomic mass is 9.96. The maximum atomic E-state index is 14.9. The van der Waals surface area contributed by atoms with Gasteiger partial charge in [0.05, 0.1) is 42.7 Å². The summed E-state index contributed by atoms with van der Waals surface area (Å²) in [6.45, 7) is 2.39. The van der Waals surface area contributed by atoms with Crippen molar-refractivity contribution >= 4 is 45.7 Å². The molecule has 1 N–H and O–H groups in total. The van der Waals surface area contributed by atoms with Gasteiger partial charge < -0.3 is 10.1 Å². The second kappa shape index (κ2) is 7.55. The molecule has 1 aromatic carbocycles. The number of ether oxygens (including phenoxy) is 1. The molecule has 2 atom stereocenters. The van der Waals surface area contributed by atoms with E-state index in [1.54, 1.807) is 12.4 Å². The number of hydrogen-bond acceptors (Lipinski definition) is 6. The Morgan fingerprint density at radius 2 is 1.94 bits per heavy atom. The fraction of sp³-hybridized carbons (Fsp3) is 0.476. The van der Waals surface area contributed by atoms with Gasteiger partial charge in [-0.25, -0.2) is 19.0 Å². The maximum absolute atomic E-state index is 14.9. The number of nitrogens with one attached hydrogen (secondary N) is 1. The van der Waals surface area contributed by atoms with Crippen molar-refractivity contribution in [3.8, 4) is 0 Å². The highest BCUT2D eigenvalue weighted by molar-refractivity contribution is 6.32. The molecule has 0 bridgehead atoms. The number of hydrogen-bond donors (Lipinski definition) is 1. The molecule has 10 heteroatoms. The topological polar surface area (TPSA) is 68.1 Å². The minimum atomic E-state index is -0.970. The van der Waals surface area contributed by atoms with Crippen molar-refractivity contribution in [3.05, 3.63) is 40.3 Å². The summed E-state index contributed by atoms with van der Waals surface area (Å²) in [5.74, 6) is 0.129. The molecule has 0 spiro atoms. The summed E-state index contributed by atoms with van der Waals surface area (Å²) in [6.07, 6.45) is 4.62. The largest absolute Gasteiger partial charge is 0.378 e. The van der Waals surface area contributed by atoms with E-state index in [-0.39, 0.29) is 5.92 Å². The van der Waals surface area contributed by atoms with Gasteiger partial charge in [0, 0.05) is 35.6 Å². The van der Waals surface area contributed by atoms with Crippen LogP contribution >= 0.6 is 23.2 Å². The van der Waals surface area contributed by atoms with Crippen molar-refractivity contribution in [2.24, 2.45) is 0 Å². The molecule has 0 radical (unpaired) electrons. The van der Waals surface area contributed by atoms with Crippen LogP contribution in [0, 0.1) is 0 Å². The van der Waals surface area contributed by atoms with E-state index >= 15 is 0 Å². The van der Waals surface area contributed by atoms with Gasteiger partial charge in [-0.3, -0.25) is 4.90 Å². The first-order valence-corrected chi connectivity index (χ1v) is 11.2. The summed E-state index contributed by atoms with van der Waals surface area (Å²) in [5.41, 5.74) is 2.16. The molecule has 162 valence electrons. The normalized spacial score (nSPS) is 24.6. The smallest absolute Gasteiger partial charge is 0.227 e. The first kappa shape index (κ1) is 19.7. The number of benzene rings is 1. The summed E-state index contributed by atoms with van der Waals surface area (Å²) >= 11 is 13.0. The Labute approximate surface area is 188 Å². The minimum absolute atomic E-state index is 0.282. The van der Waals surface area contributed by atoms with Crippen LogP contribution in [0.15, 0.2) is 24.5 Å². The molecule has 1 saturated carbocycles. The number of nitrogens with zero attached hydrogens (tertiary/aromatic N) is 5. The van der Waals surface area contributed by atoms with Crippen molar-refractivity contribution in [1.82, 2.24) is 24.6 Å². The lowest BCUT2D eigenvalue weighted by molar-refractivity contribution is -0.0586. The van der Waals surface area contributed by atoms with Crippen molar-refractivity contribution < 1.29 is 9.13 Å². The van der Waals surface area contributed by atoms with Crippen LogP contribution in [0.4, 0.5) is 16.0 Å². The lowest BCUT2D eigenvalue weighted by Gasteiger charge is -2.34. The number of halogens is 3. The van der Waals surface area contributed by atoms with Crippen LogP contribution in [0.3, 0.4) is 0 Å². The Balaban J connectivity index is 1.28. The maximum Gasteiger partial charge on any atom is 0.227 e. The van der Waals surface area contributed by atoms with E-state index in [0.717, 1.165) is 23.8 Å². The quantitative estimate of drug-likeness (QED) is 0.607. The number of anilines is 2. The minimum Gasteiger partial charge on any atom is -0.378 e. The second-order valence-electron chi connectivity index (χ2n) is 8.54. The third kappa shape index (κ3) is 3.55. The molecule has 0 amide bonds. The number of likely N-dealkylation sites (tertiary alicyclic amines) is 1. The summed E-state index contributed by atoms with van der Waals surface area (Å²) < 4.78 is 22.0. The number of alkyl halides is 1. The van der Waals surface area contributed by atoms with Crippen molar-refractivity contribution in [1.29, 1.82) is 0 Å². The SMILES string of the molecule is FC1CN(C2COC2)CC1c1cc2nc(Nc3cnn(C4CC4)c3Cl)ncc2cc1Cl. The van der Waals surface area contributed by atoms with Gasteiger partial charge in [0.15, 0.2) is 5.15 Å². The van der Waals surface area contributed by atoms with Crippen molar-refractivity contribution in [3.63, 3.8) is 0 Å². The predicted molar refractivity (Wildman–Crippen MR) is 117 cm³/mol. The standard InChI is InChI=1S/C21H21Cl2FN6O/c22-16-3-11-5-25-21(28-19-6-26-30(20(19)23)12-1-2-12)27-18(11)4-14(16)15-7-29(8-17(15)24)13-9-31-10-13/h3-6,12-13,15,17H,1-2,7-10H2,(H,25,27,28). The van der Waals surface area contributed by atoms with Crippen molar-refractivity contribution in [2.45, 2.75) is 37.0 Å². The van der Waals surface area contributed by atoms with Gasteiger partial charge in [0.1, 0.15) is 6.17 Å². The fourth-order valence-electron chi connectivity index (χ4n) is 4.36. The highest BCUT2D eigenvalue weighted by atomic mass is 35.5. The van der Waals surface area contributed by atoms with E-state index in [9.17, 15) is 4.39 Å². The van der Waals surface area contributed by atoms with E-state index in [2.05, 4.69) is 25.3 Å². The average molecular weight is 463 g/mol. The zero-order valence-electron chi connectivity index (χ0n) is 16.6. The Kier molecular flexibility index (Phi) is 4.79. The highest BCUT2D eigenvalue weighted by Gasteiger charge is 2.40. The molecular weight excluding hydrogens is 442 g/mol. The molecule has 1 aliphatic carbocycles. The van der Waals surface area contributed by atoms with Gasteiger partial charge in [-0.2, -0.15) is 5.10 Å². The van der Waals surface area contributed by atoms with E-state index < -0.39 is 6.17 Å². The molecular formula is C21H21Cl2FN6O. The van der Waals surface area contributed by atoms with Gasteiger partial charge in [-0.15, -0.1) is 0 Å². The van der Waals surface area contributed by atoms with Crippen LogP contribution in [0.5, 0.6) is 0 Å². The van der Waals surface area contributed by atoms with Gasteiger partial charge in [-0.1, -0.05) is 23.2 Å². The molecule has 2 unspecified atom stereocenters. The van der Waals surface area contributed by atoms with Crippen LogP contribution in [0.1, 0.15) is 30.4 Å². The monoisotopic (exact) mass is 462 g/mol. The number of aromatic nitrogens is 4. The molecule has 3 aromatic rings. The Bertz CT molecular complexity index is 1150.